The molecule has 25 heavy (non-hydrogen) atoms. The minimum atomic E-state index is -3.42. The lowest BCUT2D eigenvalue weighted by Crippen LogP contribution is -2.28. The van der Waals surface area contributed by atoms with Gasteiger partial charge in [0.15, 0.2) is 0 Å². The summed E-state index contributed by atoms with van der Waals surface area (Å²) in [5, 5.41) is 5.53. The van der Waals surface area contributed by atoms with Crippen LogP contribution in [-0.4, -0.2) is 30.9 Å². The van der Waals surface area contributed by atoms with Crippen LogP contribution in [0, 0.1) is 6.92 Å². The molecule has 3 rings (SSSR count). The molecule has 0 saturated carbocycles. The Balaban J connectivity index is 1.47. The Morgan fingerprint density at radius 1 is 1.16 bits per heavy atom. The van der Waals surface area contributed by atoms with Crippen LogP contribution < -0.4 is 10.0 Å². The highest BCUT2D eigenvalue weighted by Gasteiger charge is 2.14. The maximum Gasteiger partial charge on any atom is 0.250 e. The predicted octanol–water partition coefficient (Wildman–Crippen LogP) is 2.89. The molecule has 1 aromatic carbocycles. The molecule has 0 saturated heterocycles. The molecule has 0 amide bonds. The molecule has 9 heteroatoms. The van der Waals surface area contributed by atoms with Crippen LogP contribution in [0.3, 0.4) is 0 Å². The SMILES string of the molecule is Cc1cccc(Cc2nsc(NCCNS(=O)(=O)c3cccs3)n2)c1. The minimum absolute atomic E-state index is 0.285. The highest BCUT2D eigenvalue weighted by Crippen LogP contribution is 2.16. The van der Waals surface area contributed by atoms with E-state index < -0.39 is 10.0 Å². The molecule has 0 radical (unpaired) electrons. The van der Waals surface area contributed by atoms with Crippen molar-refractivity contribution in [3.05, 3.63) is 58.7 Å². The molecular formula is C16H18N4O2S3. The van der Waals surface area contributed by atoms with Crippen LogP contribution in [0.25, 0.3) is 0 Å². The molecule has 132 valence electrons. The highest BCUT2D eigenvalue weighted by molar-refractivity contribution is 7.91. The van der Waals surface area contributed by atoms with Crippen molar-refractivity contribution in [2.45, 2.75) is 17.6 Å². The van der Waals surface area contributed by atoms with Crippen molar-refractivity contribution in [3.63, 3.8) is 0 Å². The maximum atomic E-state index is 12.0. The van der Waals surface area contributed by atoms with E-state index in [-0.39, 0.29) is 6.54 Å². The van der Waals surface area contributed by atoms with Gasteiger partial charge < -0.3 is 5.32 Å². The van der Waals surface area contributed by atoms with E-state index in [1.165, 1.54) is 34.0 Å². The zero-order chi connectivity index (χ0) is 17.7. The Bertz CT molecular complexity index is 921. The Labute approximate surface area is 155 Å². The van der Waals surface area contributed by atoms with Gasteiger partial charge in [-0.1, -0.05) is 35.9 Å². The van der Waals surface area contributed by atoms with Gasteiger partial charge in [-0.05, 0) is 23.9 Å². The highest BCUT2D eigenvalue weighted by atomic mass is 32.2. The van der Waals surface area contributed by atoms with Crippen molar-refractivity contribution in [1.29, 1.82) is 0 Å². The quantitative estimate of drug-likeness (QED) is 0.574. The number of aromatic nitrogens is 2. The predicted molar refractivity (Wildman–Crippen MR) is 102 cm³/mol. The molecular weight excluding hydrogens is 376 g/mol. The lowest BCUT2D eigenvalue weighted by Gasteiger charge is -2.05. The lowest BCUT2D eigenvalue weighted by molar-refractivity contribution is 0.585. The van der Waals surface area contributed by atoms with E-state index in [0.29, 0.717) is 22.3 Å². The second kappa shape index (κ2) is 8.05. The maximum absolute atomic E-state index is 12.0. The summed E-state index contributed by atoms with van der Waals surface area (Å²) >= 11 is 2.48. The van der Waals surface area contributed by atoms with Crippen LogP contribution in [0.2, 0.25) is 0 Å². The average molecular weight is 395 g/mol. The normalized spacial score (nSPS) is 11.6. The summed E-state index contributed by atoms with van der Waals surface area (Å²) in [6.07, 6.45) is 0.685. The smallest absolute Gasteiger partial charge is 0.250 e. The van der Waals surface area contributed by atoms with Crippen LogP contribution in [0.1, 0.15) is 17.0 Å². The molecule has 6 nitrogen and oxygen atoms in total. The number of nitrogens with one attached hydrogen (secondary N) is 2. The number of sulfonamides is 1. The monoisotopic (exact) mass is 394 g/mol. The van der Waals surface area contributed by atoms with E-state index in [4.69, 9.17) is 0 Å². The molecule has 2 N–H and O–H groups in total. The first-order valence-electron chi connectivity index (χ1n) is 7.68. The molecule has 0 aliphatic rings. The van der Waals surface area contributed by atoms with Gasteiger partial charge in [0.2, 0.25) is 15.2 Å². The Morgan fingerprint density at radius 2 is 2.04 bits per heavy atom. The van der Waals surface area contributed by atoms with Crippen molar-refractivity contribution in [2.75, 3.05) is 18.4 Å². The number of hydrogen-bond acceptors (Lipinski definition) is 7. The minimum Gasteiger partial charge on any atom is -0.359 e. The first-order valence-corrected chi connectivity index (χ1v) is 10.8. The van der Waals surface area contributed by atoms with Gasteiger partial charge in [-0.25, -0.2) is 18.1 Å². The number of aryl methyl sites for hydroxylation is 1. The van der Waals surface area contributed by atoms with E-state index in [2.05, 4.69) is 44.5 Å². The topological polar surface area (TPSA) is 84.0 Å². The summed E-state index contributed by atoms with van der Waals surface area (Å²) in [5.74, 6) is 0.761. The molecule has 2 heterocycles. The molecule has 0 bridgehead atoms. The number of anilines is 1. The van der Waals surface area contributed by atoms with Gasteiger partial charge >= 0.3 is 0 Å². The summed E-state index contributed by atoms with van der Waals surface area (Å²) in [6.45, 7) is 2.79. The Morgan fingerprint density at radius 3 is 2.80 bits per heavy atom. The molecule has 0 aliphatic heterocycles. The second-order valence-corrected chi connectivity index (χ2v) is 9.13. The number of rotatable bonds is 8. The second-order valence-electron chi connectivity index (χ2n) is 5.44. The van der Waals surface area contributed by atoms with Crippen LogP contribution in [-0.2, 0) is 16.4 Å². The van der Waals surface area contributed by atoms with Gasteiger partial charge in [0, 0.05) is 31.0 Å². The first kappa shape index (κ1) is 18.0. The third-order valence-electron chi connectivity index (χ3n) is 3.37. The van der Waals surface area contributed by atoms with Gasteiger partial charge in [0.25, 0.3) is 0 Å². The lowest BCUT2D eigenvalue weighted by atomic mass is 10.1. The van der Waals surface area contributed by atoms with Crippen molar-refractivity contribution < 1.29 is 8.42 Å². The molecule has 0 atom stereocenters. The van der Waals surface area contributed by atoms with E-state index in [1.807, 2.05) is 6.07 Å². The number of benzene rings is 1. The first-order chi connectivity index (χ1) is 12.0. The zero-order valence-electron chi connectivity index (χ0n) is 13.6. The third kappa shape index (κ3) is 5.08. The van der Waals surface area contributed by atoms with E-state index in [0.717, 1.165) is 5.82 Å². The molecule has 0 aliphatic carbocycles. The van der Waals surface area contributed by atoms with Crippen LogP contribution in [0.5, 0.6) is 0 Å². The summed E-state index contributed by atoms with van der Waals surface area (Å²) in [6, 6.07) is 11.6. The molecule has 2 aromatic heterocycles. The number of nitrogens with zero attached hydrogens (tertiary/aromatic N) is 2. The van der Waals surface area contributed by atoms with Crippen molar-refractivity contribution in [3.8, 4) is 0 Å². The molecule has 3 aromatic rings. The largest absolute Gasteiger partial charge is 0.359 e. The number of thiophene rings is 1. The number of hydrogen-bond donors (Lipinski definition) is 2. The van der Waals surface area contributed by atoms with E-state index in [1.54, 1.807) is 17.5 Å². The van der Waals surface area contributed by atoms with E-state index in [9.17, 15) is 8.42 Å². The van der Waals surface area contributed by atoms with Gasteiger partial charge in [0.1, 0.15) is 10.0 Å². The third-order valence-corrected chi connectivity index (χ3v) is 6.94. The van der Waals surface area contributed by atoms with Crippen LogP contribution in [0.4, 0.5) is 5.13 Å². The van der Waals surface area contributed by atoms with Gasteiger partial charge in [0.05, 0.1) is 0 Å². The molecule has 0 spiro atoms. The van der Waals surface area contributed by atoms with Crippen molar-refractivity contribution >= 4 is 38.0 Å². The van der Waals surface area contributed by atoms with Gasteiger partial charge in [-0.3, -0.25) is 0 Å². The van der Waals surface area contributed by atoms with Crippen LogP contribution >= 0.6 is 22.9 Å². The summed E-state index contributed by atoms with van der Waals surface area (Å²) in [7, 11) is -3.42. The van der Waals surface area contributed by atoms with Crippen LogP contribution in [0.15, 0.2) is 46.0 Å². The Kier molecular flexibility index (Phi) is 5.79. The van der Waals surface area contributed by atoms with Gasteiger partial charge in [-0.15, -0.1) is 11.3 Å². The van der Waals surface area contributed by atoms with Crippen molar-refractivity contribution in [2.24, 2.45) is 0 Å². The summed E-state index contributed by atoms with van der Waals surface area (Å²) in [5.41, 5.74) is 2.39. The van der Waals surface area contributed by atoms with Gasteiger partial charge in [-0.2, -0.15) is 4.37 Å². The molecule has 0 fully saturated rings. The standard InChI is InChI=1S/C16H18N4O2S3/c1-12-4-2-5-13(10-12)11-14-19-16(24-20-14)17-7-8-18-25(21,22)15-6-3-9-23-15/h2-6,9-10,18H,7-8,11H2,1H3,(H,17,19,20). The zero-order valence-corrected chi connectivity index (χ0v) is 16.0. The summed E-state index contributed by atoms with van der Waals surface area (Å²) in [4.78, 5) is 4.44. The fourth-order valence-corrected chi connectivity index (χ4v) is 4.92. The average Bonchev–Trinajstić information content (AvgIpc) is 3.24. The van der Waals surface area contributed by atoms with E-state index >= 15 is 0 Å². The fourth-order valence-electron chi connectivity index (χ4n) is 2.24. The molecule has 0 unspecified atom stereocenters. The Hall–Kier alpha value is -1.81. The van der Waals surface area contributed by atoms with Crippen molar-refractivity contribution in [1.82, 2.24) is 14.1 Å². The summed E-state index contributed by atoms with van der Waals surface area (Å²) < 4.78 is 31.2. The fraction of sp³-hybridized carbons (Fsp3) is 0.250.